The summed E-state index contributed by atoms with van der Waals surface area (Å²) in [6.07, 6.45) is 0. The van der Waals surface area contributed by atoms with Crippen LogP contribution in [0.1, 0.15) is 11.1 Å². The molecule has 2 aromatic carbocycles. The quantitative estimate of drug-likeness (QED) is 0.890. The minimum absolute atomic E-state index is 0.0752. The van der Waals surface area contributed by atoms with Crippen LogP contribution in [-0.2, 0) is 6.61 Å². The van der Waals surface area contributed by atoms with Gasteiger partial charge in [-0.15, -0.1) is 0 Å². The van der Waals surface area contributed by atoms with Crippen LogP contribution >= 0.6 is 0 Å². The molecule has 0 amide bonds. The average Bonchev–Trinajstić information content (AvgIpc) is 2.45. The summed E-state index contributed by atoms with van der Waals surface area (Å²) in [5.74, 6) is 0.172. The van der Waals surface area contributed by atoms with Crippen molar-refractivity contribution in [2.75, 3.05) is 6.61 Å². The van der Waals surface area contributed by atoms with Crippen molar-refractivity contribution in [1.29, 1.82) is 0 Å². The van der Waals surface area contributed by atoms with Crippen LogP contribution in [0.4, 0.5) is 4.39 Å². The van der Waals surface area contributed by atoms with Crippen molar-refractivity contribution in [1.82, 2.24) is 0 Å². The smallest absolute Gasteiger partial charge is 0.126 e. The van der Waals surface area contributed by atoms with Crippen LogP contribution in [0.3, 0.4) is 0 Å². The van der Waals surface area contributed by atoms with Crippen LogP contribution in [0.5, 0.6) is 5.75 Å². The van der Waals surface area contributed by atoms with Gasteiger partial charge >= 0.3 is 0 Å². The lowest BCUT2D eigenvalue weighted by Gasteiger charge is -2.08. The second-order valence-corrected chi connectivity index (χ2v) is 4.21. The van der Waals surface area contributed by atoms with E-state index in [4.69, 9.17) is 9.84 Å². The molecule has 0 atom stereocenters. The number of ether oxygens (including phenoxy) is 1. The third kappa shape index (κ3) is 3.66. The highest BCUT2D eigenvalue weighted by atomic mass is 19.1. The number of aliphatic hydroxyl groups is 1. The van der Waals surface area contributed by atoms with Gasteiger partial charge in [0.2, 0.25) is 0 Å². The standard InChI is InChI=1S/C16H15FO2/c1-12(10-18)14-5-2-4-13(8-14)11-19-16-7-3-6-15(17)9-16/h2-9,18H,1,10-11H2. The molecule has 0 bridgehead atoms. The highest BCUT2D eigenvalue weighted by molar-refractivity contribution is 5.64. The Morgan fingerprint density at radius 1 is 1.16 bits per heavy atom. The Hall–Kier alpha value is -2.13. The van der Waals surface area contributed by atoms with Crippen LogP contribution in [0.15, 0.2) is 55.1 Å². The minimum atomic E-state index is -0.320. The maximum absolute atomic E-state index is 13.0. The number of rotatable bonds is 5. The first-order chi connectivity index (χ1) is 9.19. The van der Waals surface area contributed by atoms with Gasteiger partial charge in [0.15, 0.2) is 0 Å². The Labute approximate surface area is 111 Å². The summed E-state index contributed by atoms with van der Waals surface area (Å²) < 4.78 is 18.5. The average molecular weight is 258 g/mol. The Morgan fingerprint density at radius 2 is 1.95 bits per heavy atom. The molecule has 1 N–H and O–H groups in total. The molecular formula is C16H15FO2. The Kier molecular flexibility index (Phi) is 4.31. The number of hydrogen-bond acceptors (Lipinski definition) is 2. The van der Waals surface area contributed by atoms with E-state index < -0.39 is 0 Å². The topological polar surface area (TPSA) is 29.5 Å². The molecule has 0 aliphatic heterocycles. The van der Waals surface area contributed by atoms with Crippen LogP contribution in [0.25, 0.3) is 5.57 Å². The zero-order valence-corrected chi connectivity index (χ0v) is 10.5. The molecule has 0 spiro atoms. The molecular weight excluding hydrogens is 243 g/mol. The monoisotopic (exact) mass is 258 g/mol. The second-order valence-electron chi connectivity index (χ2n) is 4.21. The van der Waals surface area contributed by atoms with Gasteiger partial charge in [-0.05, 0) is 34.9 Å². The lowest BCUT2D eigenvalue weighted by Crippen LogP contribution is -1.97. The van der Waals surface area contributed by atoms with Crippen molar-refractivity contribution < 1.29 is 14.2 Å². The fraction of sp³-hybridized carbons (Fsp3) is 0.125. The highest BCUT2D eigenvalue weighted by Crippen LogP contribution is 2.17. The van der Waals surface area contributed by atoms with Crippen molar-refractivity contribution in [2.45, 2.75) is 6.61 Å². The molecule has 2 nitrogen and oxygen atoms in total. The van der Waals surface area contributed by atoms with E-state index in [1.54, 1.807) is 12.1 Å². The van der Waals surface area contributed by atoms with Crippen molar-refractivity contribution in [3.63, 3.8) is 0 Å². The molecule has 2 aromatic rings. The van der Waals surface area contributed by atoms with E-state index in [0.29, 0.717) is 17.9 Å². The number of benzene rings is 2. The number of hydrogen-bond donors (Lipinski definition) is 1. The summed E-state index contributed by atoms with van der Waals surface area (Å²) in [6.45, 7) is 4.04. The molecule has 0 heterocycles. The highest BCUT2D eigenvalue weighted by Gasteiger charge is 2.01. The number of aliphatic hydroxyl groups excluding tert-OH is 1. The first-order valence-electron chi connectivity index (χ1n) is 5.95. The van der Waals surface area contributed by atoms with E-state index >= 15 is 0 Å². The van der Waals surface area contributed by atoms with Crippen molar-refractivity contribution >= 4 is 5.57 Å². The summed E-state index contributed by atoms with van der Waals surface area (Å²) in [6, 6.07) is 13.6. The van der Waals surface area contributed by atoms with Gasteiger partial charge in [0, 0.05) is 6.07 Å². The molecule has 0 saturated carbocycles. The van der Waals surface area contributed by atoms with E-state index in [0.717, 1.165) is 11.1 Å². The molecule has 3 heteroatoms. The molecule has 19 heavy (non-hydrogen) atoms. The zero-order chi connectivity index (χ0) is 13.7. The van der Waals surface area contributed by atoms with Crippen LogP contribution in [0, 0.1) is 5.82 Å². The molecule has 0 saturated heterocycles. The molecule has 0 radical (unpaired) electrons. The third-order valence-electron chi connectivity index (χ3n) is 2.73. The summed E-state index contributed by atoms with van der Waals surface area (Å²) in [7, 11) is 0. The first-order valence-corrected chi connectivity index (χ1v) is 5.95. The van der Waals surface area contributed by atoms with Gasteiger partial charge < -0.3 is 9.84 Å². The van der Waals surface area contributed by atoms with Crippen LogP contribution < -0.4 is 4.74 Å². The van der Waals surface area contributed by atoms with Crippen LogP contribution in [0.2, 0.25) is 0 Å². The van der Waals surface area contributed by atoms with Gasteiger partial charge in [-0.3, -0.25) is 0 Å². The first kappa shape index (κ1) is 13.3. The maximum Gasteiger partial charge on any atom is 0.126 e. The van der Waals surface area contributed by atoms with Gasteiger partial charge in [0.1, 0.15) is 18.2 Å². The fourth-order valence-corrected chi connectivity index (χ4v) is 1.70. The summed E-state index contributed by atoms with van der Waals surface area (Å²) >= 11 is 0. The lowest BCUT2D eigenvalue weighted by molar-refractivity contribution is 0.304. The van der Waals surface area contributed by atoms with Crippen molar-refractivity contribution in [3.8, 4) is 5.75 Å². The molecule has 0 aromatic heterocycles. The van der Waals surface area contributed by atoms with Crippen molar-refractivity contribution in [2.24, 2.45) is 0 Å². The molecule has 0 unspecified atom stereocenters. The SMILES string of the molecule is C=C(CO)c1cccc(COc2cccc(F)c2)c1. The largest absolute Gasteiger partial charge is 0.489 e. The van der Waals surface area contributed by atoms with E-state index in [2.05, 4.69) is 6.58 Å². The van der Waals surface area contributed by atoms with Gasteiger partial charge in [-0.2, -0.15) is 0 Å². The molecule has 98 valence electrons. The van der Waals surface area contributed by atoms with E-state index in [1.807, 2.05) is 24.3 Å². The molecule has 0 aliphatic rings. The second kappa shape index (κ2) is 6.16. The summed E-state index contributed by atoms with van der Waals surface area (Å²) in [4.78, 5) is 0. The molecule has 2 rings (SSSR count). The number of halogens is 1. The Bertz CT molecular complexity index is 578. The van der Waals surface area contributed by atoms with Gasteiger partial charge in [0.05, 0.1) is 6.61 Å². The minimum Gasteiger partial charge on any atom is -0.489 e. The predicted octanol–water partition coefficient (Wildman–Crippen LogP) is 3.41. The summed E-state index contributed by atoms with van der Waals surface area (Å²) in [5.41, 5.74) is 2.48. The molecule has 0 fully saturated rings. The van der Waals surface area contributed by atoms with Gasteiger partial charge in [-0.1, -0.05) is 30.8 Å². The predicted molar refractivity (Wildman–Crippen MR) is 73.3 cm³/mol. The van der Waals surface area contributed by atoms with E-state index in [-0.39, 0.29) is 12.4 Å². The lowest BCUT2D eigenvalue weighted by atomic mass is 10.1. The zero-order valence-electron chi connectivity index (χ0n) is 10.5. The Balaban J connectivity index is 2.05. The fourth-order valence-electron chi connectivity index (χ4n) is 1.70. The maximum atomic E-state index is 13.0. The van der Waals surface area contributed by atoms with Crippen molar-refractivity contribution in [3.05, 3.63) is 72.1 Å². The van der Waals surface area contributed by atoms with Crippen LogP contribution in [-0.4, -0.2) is 11.7 Å². The van der Waals surface area contributed by atoms with Gasteiger partial charge in [0.25, 0.3) is 0 Å². The Morgan fingerprint density at radius 3 is 2.68 bits per heavy atom. The summed E-state index contributed by atoms with van der Waals surface area (Å²) in [5, 5.41) is 9.05. The molecule has 0 aliphatic carbocycles. The third-order valence-corrected chi connectivity index (χ3v) is 2.73. The normalized spacial score (nSPS) is 10.2. The van der Waals surface area contributed by atoms with E-state index in [9.17, 15) is 4.39 Å². The van der Waals surface area contributed by atoms with Gasteiger partial charge in [-0.25, -0.2) is 4.39 Å². The van der Waals surface area contributed by atoms with E-state index in [1.165, 1.54) is 12.1 Å².